The van der Waals surface area contributed by atoms with E-state index in [1.54, 1.807) is 0 Å². The maximum Gasteiger partial charge on any atom is 0.224 e. The maximum atomic E-state index is 12.7. The average Bonchev–Trinajstić information content (AvgIpc) is 3.38. The molecule has 0 radical (unpaired) electrons. The second-order valence-electron chi connectivity index (χ2n) is 7.08. The molecule has 1 amide bonds. The fourth-order valence-electron chi connectivity index (χ4n) is 3.09. The van der Waals surface area contributed by atoms with E-state index in [1.807, 2.05) is 11.8 Å². The second kappa shape index (κ2) is 7.71. The third kappa shape index (κ3) is 4.74. The molecule has 0 bridgehead atoms. The van der Waals surface area contributed by atoms with Crippen molar-refractivity contribution in [3.63, 3.8) is 0 Å². The molecule has 1 aromatic carbocycles. The van der Waals surface area contributed by atoms with Crippen molar-refractivity contribution in [1.29, 1.82) is 0 Å². The predicted octanol–water partition coefficient (Wildman–Crippen LogP) is 3.40. The Bertz CT molecular complexity index is 519. The van der Waals surface area contributed by atoms with Crippen LogP contribution in [-0.2, 0) is 11.3 Å². The first-order chi connectivity index (χ1) is 11.1. The molecule has 1 aliphatic carbocycles. The molecule has 3 nitrogen and oxygen atoms in total. The van der Waals surface area contributed by atoms with Gasteiger partial charge in [0, 0.05) is 43.1 Å². The summed E-state index contributed by atoms with van der Waals surface area (Å²) in [6, 6.07) is 9.61. The van der Waals surface area contributed by atoms with E-state index < -0.39 is 0 Å². The Morgan fingerprint density at radius 2 is 2.04 bits per heavy atom. The van der Waals surface area contributed by atoms with Gasteiger partial charge in [0.05, 0.1) is 0 Å². The van der Waals surface area contributed by atoms with Gasteiger partial charge in [0.25, 0.3) is 0 Å². The predicted molar refractivity (Wildman–Crippen MR) is 97.8 cm³/mol. The molecule has 1 saturated heterocycles. The lowest BCUT2D eigenvalue weighted by Crippen LogP contribution is -2.43. The van der Waals surface area contributed by atoms with Gasteiger partial charge in [-0.3, -0.25) is 4.79 Å². The zero-order valence-corrected chi connectivity index (χ0v) is 15.1. The molecule has 1 atom stereocenters. The molecular weight excluding hydrogens is 304 g/mol. The molecular formula is C19H28N2OS. The summed E-state index contributed by atoms with van der Waals surface area (Å²) in [5.41, 5.74) is 2.61. The van der Waals surface area contributed by atoms with Gasteiger partial charge in [0.1, 0.15) is 0 Å². The highest BCUT2D eigenvalue weighted by atomic mass is 32.2. The SMILES string of the molecule is CC(C)c1ccc(CN(C(=O)CC2CSCCN2)C2CC2)cc1. The van der Waals surface area contributed by atoms with E-state index in [4.69, 9.17) is 0 Å². The Kier molecular flexibility index (Phi) is 5.65. The number of nitrogens with zero attached hydrogens (tertiary/aromatic N) is 1. The third-order valence-corrected chi connectivity index (χ3v) is 5.86. The van der Waals surface area contributed by atoms with Crippen molar-refractivity contribution in [3.8, 4) is 0 Å². The van der Waals surface area contributed by atoms with Crippen LogP contribution in [0, 0.1) is 0 Å². The zero-order valence-electron chi connectivity index (χ0n) is 14.3. The number of rotatable bonds is 6. The van der Waals surface area contributed by atoms with Crippen LogP contribution in [0.25, 0.3) is 0 Å². The van der Waals surface area contributed by atoms with E-state index >= 15 is 0 Å². The minimum atomic E-state index is 0.320. The number of hydrogen-bond donors (Lipinski definition) is 1. The molecule has 1 aliphatic heterocycles. The van der Waals surface area contributed by atoms with Gasteiger partial charge < -0.3 is 10.2 Å². The Morgan fingerprint density at radius 1 is 1.30 bits per heavy atom. The Balaban J connectivity index is 1.60. The fraction of sp³-hybridized carbons (Fsp3) is 0.632. The van der Waals surface area contributed by atoms with Gasteiger partial charge in [-0.25, -0.2) is 0 Å². The number of nitrogens with one attached hydrogen (secondary N) is 1. The lowest BCUT2D eigenvalue weighted by Gasteiger charge is -2.28. The van der Waals surface area contributed by atoms with Crippen molar-refractivity contribution < 1.29 is 4.79 Å². The largest absolute Gasteiger partial charge is 0.335 e. The first kappa shape index (κ1) is 16.8. The molecule has 1 aromatic rings. The molecule has 1 saturated carbocycles. The van der Waals surface area contributed by atoms with Gasteiger partial charge in [0.15, 0.2) is 0 Å². The van der Waals surface area contributed by atoms with Gasteiger partial charge >= 0.3 is 0 Å². The minimum Gasteiger partial charge on any atom is -0.335 e. The number of benzene rings is 1. The van der Waals surface area contributed by atoms with Crippen LogP contribution in [0.1, 0.15) is 50.2 Å². The molecule has 1 N–H and O–H groups in total. The molecule has 0 spiro atoms. The Labute approximate surface area is 144 Å². The third-order valence-electron chi connectivity index (χ3n) is 4.73. The molecule has 126 valence electrons. The van der Waals surface area contributed by atoms with E-state index in [-0.39, 0.29) is 0 Å². The van der Waals surface area contributed by atoms with Crippen molar-refractivity contribution in [2.75, 3.05) is 18.1 Å². The van der Waals surface area contributed by atoms with Crippen molar-refractivity contribution in [2.45, 2.75) is 57.7 Å². The fourth-order valence-corrected chi connectivity index (χ4v) is 4.04. The Hall–Kier alpha value is -1.00. The van der Waals surface area contributed by atoms with Crippen LogP contribution in [0.2, 0.25) is 0 Å². The quantitative estimate of drug-likeness (QED) is 0.866. The summed E-state index contributed by atoms with van der Waals surface area (Å²) in [5, 5.41) is 3.48. The molecule has 2 aliphatic rings. The standard InChI is InChI=1S/C19H28N2OS/c1-14(2)16-5-3-15(4-6-16)12-21(18-7-8-18)19(22)11-17-13-23-10-9-20-17/h3-6,14,17-18,20H,7-13H2,1-2H3. The summed E-state index contributed by atoms with van der Waals surface area (Å²) in [6.45, 7) is 6.22. The van der Waals surface area contributed by atoms with Crippen molar-refractivity contribution in [1.82, 2.24) is 10.2 Å². The highest BCUT2D eigenvalue weighted by Gasteiger charge is 2.33. The monoisotopic (exact) mass is 332 g/mol. The number of hydrogen-bond acceptors (Lipinski definition) is 3. The minimum absolute atomic E-state index is 0.320. The van der Waals surface area contributed by atoms with Crippen molar-refractivity contribution in [2.24, 2.45) is 0 Å². The van der Waals surface area contributed by atoms with Crippen molar-refractivity contribution in [3.05, 3.63) is 35.4 Å². The molecule has 3 rings (SSSR count). The lowest BCUT2D eigenvalue weighted by molar-refractivity contribution is -0.132. The first-order valence-corrected chi connectivity index (χ1v) is 9.98. The smallest absolute Gasteiger partial charge is 0.224 e. The molecule has 23 heavy (non-hydrogen) atoms. The normalized spacial score (nSPS) is 21.4. The Morgan fingerprint density at radius 3 is 2.61 bits per heavy atom. The maximum absolute atomic E-state index is 12.7. The van der Waals surface area contributed by atoms with Crippen LogP contribution in [0.3, 0.4) is 0 Å². The van der Waals surface area contributed by atoms with Crippen LogP contribution in [-0.4, -0.2) is 40.9 Å². The van der Waals surface area contributed by atoms with E-state index in [0.717, 1.165) is 18.8 Å². The van der Waals surface area contributed by atoms with E-state index in [9.17, 15) is 4.79 Å². The average molecular weight is 333 g/mol. The molecule has 4 heteroatoms. The first-order valence-electron chi connectivity index (χ1n) is 8.83. The van der Waals surface area contributed by atoms with E-state index in [1.165, 1.54) is 29.7 Å². The van der Waals surface area contributed by atoms with Crippen LogP contribution in [0.4, 0.5) is 0 Å². The van der Waals surface area contributed by atoms with Crippen LogP contribution in [0.5, 0.6) is 0 Å². The van der Waals surface area contributed by atoms with Crippen molar-refractivity contribution >= 4 is 17.7 Å². The van der Waals surface area contributed by atoms with Crippen LogP contribution >= 0.6 is 11.8 Å². The highest BCUT2D eigenvalue weighted by molar-refractivity contribution is 7.99. The highest BCUT2D eigenvalue weighted by Crippen LogP contribution is 2.29. The zero-order chi connectivity index (χ0) is 16.2. The van der Waals surface area contributed by atoms with E-state index in [0.29, 0.717) is 30.3 Å². The summed E-state index contributed by atoms with van der Waals surface area (Å²) in [6.07, 6.45) is 2.99. The van der Waals surface area contributed by atoms with Gasteiger partial charge in [-0.05, 0) is 29.9 Å². The summed E-state index contributed by atoms with van der Waals surface area (Å²) >= 11 is 1.96. The molecule has 1 heterocycles. The van der Waals surface area contributed by atoms with Crippen LogP contribution in [0.15, 0.2) is 24.3 Å². The summed E-state index contributed by atoms with van der Waals surface area (Å²) in [5.74, 6) is 3.10. The lowest BCUT2D eigenvalue weighted by atomic mass is 10.0. The van der Waals surface area contributed by atoms with Crippen LogP contribution < -0.4 is 5.32 Å². The van der Waals surface area contributed by atoms with E-state index in [2.05, 4.69) is 48.3 Å². The summed E-state index contributed by atoms with van der Waals surface area (Å²) < 4.78 is 0. The number of thioether (sulfide) groups is 1. The van der Waals surface area contributed by atoms with Gasteiger partial charge in [-0.15, -0.1) is 0 Å². The number of carbonyl (C=O) groups excluding carboxylic acids is 1. The second-order valence-corrected chi connectivity index (χ2v) is 8.23. The summed E-state index contributed by atoms with van der Waals surface area (Å²) in [7, 11) is 0. The number of carbonyl (C=O) groups is 1. The van der Waals surface area contributed by atoms with Gasteiger partial charge in [0.2, 0.25) is 5.91 Å². The van der Waals surface area contributed by atoms with Gasteiger partial charge in [-0.2, -0.15) is 11.8 Å². The van der Waals surface area contributed by atoms with Gasteiger partial charge in [-0.1, -0.05) is 38.1 Å². The molecule has 2 fully saturated rings. The topological polar surface area (TPSA) is 32.3 Å². The number of amides is 1. The molecule has 1 unspecified atom stereocenters. The summed E-state index contributed by atoms with van der Waals surface area (Å²) in [4.78, 5) is 14.9. The molecule has 0 aromatic heterocycles.